The summed E-state index contributed by atoms with van der Waals surface area (Å²) in [6.07, 6.45) is -0.933. The molecule has 0 radical (unpaired) electrons. The summed E-state index contributed by atoms with van der Waals surface area (Å²) in [4.78, 5) is 19.4. The first-order valence-corrected chi connectivity index (χ1v) is 10.4. The highest BCUT2D eigenvalue weighted by molar-refractivity contribution is 5.80. The number of aliphatic hydroxyl groups excluding tert-OH is 1. The van der Waals surface area contributed by atoms with Gasteiger partial charge in [-0.25, -0.2) is 9.97 Å². The van der Waals surface area contributed by atoms with E-state index in [1.807, 2.05) is 13.0 Å². The number of methoxy groups -OCH3 is 1. The van der Waals surface area contributed by atoms with Crippen molar-refractivity contribution in [3.8, 4) is 11.1 Å². The Morgan fingerprint density at radius 3 is 2.79 bits per heavy atom. The van der Waals surface area contributed by atoms with E-state index in [1.165, 1.54) is 4.68 Å². The molecule has 0 aliphatic carbocycles. The lowest BCUT2D eigenvalue weighted by Gasteiger charge is -2.11. The average molecular weight is 478 g/mol. The van der Waals surface area contributed by atoms with Gasteiger partial charge in [-0.2, -0.15) is 18.3 Å². The lowest BCUT2D eigenvalue weighted by molar-refractivity contribution is -0.141. The van der Waals surface area contributed by atoms with E-state index in [4.69, 9.17) is 4.74 Å². The summed E-state index contributed by atoms with van der Waals surface area (Å²) < 4.78 is 45.1. The number of rotatable bonds is 10. The monoisotopic (exact) mass is 478 g/mol. The van der Waals surface area contributed by atoms with Crippen LogP contribution in [0.25, 0.3) is 11.1 Å². The molecule has 0 fully saturated rings. The van der Waals surface area contributed by atoms with Crippen LogP contribution in [0.4, 0.5) is 24.8 Å². The number of alkyl halides is 3. The van der Waals surface area contributed by atoms with Gasteiger partial charge in [-0.3, -0.25) is 9.48 Å². The van der Waals surface area contributed by atoms with Crippen LogP contribution < -0.4 is 10.6 Å². The van der Waals surface area contributed by atoms with Crippen LogP contribution >= 0.6 is 0 Å². The van der Waals surface area contributed by atoms with Crippen molar-refractivity contribution in [1.82, 2.24) is 25.1 Å². The quantitative estimate of drug-likeness (QED) is 0.384. The molecule has 0 aliphatic rings. The van der Waals surface area contributed by atoms with E-state index in [2.05, 4.69) is 25.7 Å². The molecule has 0 saturated carbocycles. The van der Waals surface area contributed by atoms with E-state index < -0.39 is 23.9 Å². The summed E-state index contributed by atoms with van der Waals surface area (Å²) in [7, 11) is 1.57. The molecule has 182 valence electrons. The highest BCUT2D eigenvalue weighted by atomic mass is 19.4. The van der Waals surface area contributed by atoms with Crippen LogP contribution in [0.2, 0.25) is 0 Å². The van der Waals surface area contributed by atoms with Gasteiger partial charge in [0, 0.05) is 43.9 Å². The highest BCUT2D eigenvalue weighted by Crippen LogP contribution is 2.29. The van der Waals surface area contributed by atoms with Gasteiger partial charge in [-0.05, 0) is 42.7 Å². The number of benzene rings is 1. The van der Waals surface area contributed by atoms with Gasteiger partial charge >= 0.3 is 6.18 Å². The van der Waals surface area contributed by atoms with Gasteiger partial charge < -0.3 is 20.5 Å². The number of aryl methyl sites for hydroxylation is 1. The van der Waals surface area contributed by atoms with Crippen LogP contribution in [-0.2, 0) is 22.3 Å². The van der Waals surface area contributed by atoms with Gasteiger partial charge in [0.2, 0.25) is 5.95 Å². The Balaban J connectivity index is 1.69. The second-order valence-corrected chi connectivity index (χ2v) is 7.58. The molecule has 0 bridgehead atoms. The fourth-order valence-corrected chi connectivity index (χ4v) is 3.15. The zero-order valence-electron chi connectivity index (χ0n) is 18.6. The first-order valence-electron chi connectivity index (χ1n) is 10.4. The van der Waals surface area contributed by atoms with Gasteiger partial charge in [0.15, 0.2) is 6.10 Å². The number of hydrogen-bond acceptors (Lipinski definition) is 7. The van der Waals surface area contributed by atoms with Crippen molar-refractivity contribution in [2.75, 3.05) is 25.6 Å². The number of aliphatic hydroxyl groups is 1. The number of anilines is 2. The number of amides is 1. The van der Waals surface area contributed by atoms with Crippen molar-refractivity contribution in [1.29, 1.82) is 0 Å². The van der Waals surface area contributed by atoms with Crippen molar-refractivity contribution in [2.45, 2.75) is 32.2 Å². The van der Waals surface area contributed by atoms with Gasteiger partial charge in [0.25, 0.3) is 5.91 Å². The number of aromatic nitrogens is 4. The van der Waals surface area contributed by atoms with Crippen LogP contribution in [0.5, 0.6) is 0 Å². The largest absolute Gasteiger partial charge is 0.433 e. The normalized spacial score (nSPS) is 12.4. The molecule has 0 spiro atoms. The van der Waals surface area contributed by atoms with Crippen molar-refractivity contribution >= 4 is 17.5 Å². The maximum atomic E-state index is 12.9. The molecule has 1 atom stereocenters. The molecular formula is C22H25F3N6O3. The number of hydrogen-bond donors (Lipinski definition) is 3. The predicted octanol–water partition coefficient (Wildman–Crippen LogP) is 2.92. The van der Waals surface area contributed by atoms with Gasteiger partial charge in [0.05, 0.1) is 12.7 Å². The Hall–Kier alpha value is -3.51. The van der Waals surface area contributed by atoms with Gasteiger partial charge in [0.1, 0.15) is 5.69 Å². The zero-order chi connectivity index (χ0) is 24.7. The number of halogens is 3. The molecule has 2 heterocycles. The molecule has 9 nitrogen and oxygen atoms in total. The maximum Gasteiger partial charge on any atom is 0.433 e. The molecule has 1 aromatic carbocycles. The molecule has 1 unspecified atom stereocenters. The minimum atomic E-state index is -4.57. The third-order valence-corrected chi connectivity index (χ3v) is 4.73. The van der Waals surface area contributed by atoms with Gasteiger partial charge in [-0.1, -0.05) is 6.07 Å². The van der Waals surface area contributed by atoms with E-state index in [1.54, 1.807) is 31.6 Å². The number of nitrogens with zero attached hydrogens (tertiary/aromatic N) is 4. The molecule has 3 aromatic rings. The molecule has 12 heteroatoms. The summed E-state index contributed by atoms with van der Waals surface area (Å²) in [5, 5.41) is 19.7. The summed E-state index contributed by atoms with van der Waals surface area (Å²) in [6, 6.07) is 6.14. The number of carbonyl (C=O) groups excluding carboxylic acids is 1. The predicted molar refractivity (Wildman–Crippen MR) is 118 cm³/mol. The lowest BCUT2D eigenvalue weighted by atomic mass is 10.1. The van der Waals surface area contributed by atoms with Crippen molar-refractivity contribution in [3.05, 3.63) is 54.1 Å². The third kappa shape index (κ3) is 6.99. The van der Waals surface area contributed by atoms with E-state index in [0.29, 0.717) is 30.8 Å². The van der Waals surface area contributed by atoms with Crippen LogP contribution in [0.1, 0.15) is 17.7 Å². The first-order chi connectivity index (χ1) is 16.2. The number of nitrogens with one attached hydrogen (secondary N) is 2. The third-order valence-electron chi connectivity index (χ3n) is 4.73. The van der Waals surface area contributed by atoms with Crippen molar-refractivity contribution in [3.63, 3.8) is 0 Å². The van der Waals surface area contributed by atoms with Crippen molar-refractivity contribution in [2.24, 2.45) is 0 Å². The topological polar surface area (TPSA) is 114 Å². The molecule has 0 aliphatic heterocycles. The fraction of sp³-hybridized carbons (Fsp3) is 0.364. The SMILES string of the molecule is COCCCNC(=O)C(O)Cn1cc(-c2cc(C)cc(Nc3nccc(C(F)(F)F)n3)c2)cn1. The van der Waals surface area contributed by atoms with Crippen molar-refractivity contribution < 1.29 is 27.8 Å². The van der Waals surface area contributed by atoms with E-state index in [-0.39, 0.29) is 12.5 Å². The Morgan fingerprint density at radius 2 is 2.06 bits per heavy atom. The smallest absolute Gasteiger partial charge is 0.385 e. The summed E-state index contributed by atoms with van der Waals surface area (Å²) in [6.45, 7) is 2.70. The average Bonchev–Trinajstić information content (AvgIpc) is 3.24. The molecule has 0 saturated heterocycles. The molecule has 2 aromatic heterocycles. The standard InChI is InChI=1S/C22H25F3N6O3/c1-14-8-15(10-17(9-14)29-21-27-6-4-19(30-21)22(23,24)25)16-11-28-31(12-16)13-18(32)20(33)26-5-3-7-34-2/h4,6,8-12,18,32H,3,5,7,13H2,1-2H3,(H,26,33)(H,27,29,30). The maximum absolute atomic E-state index is 12.9. The first kappa shape index (κ1) is 25.1. The number of ether oxygens (including phenoxy) is 1. The molecule has 1 amide bonds. The Bertz CT molecular complexity index is 1120. The van der Waals surface area contributed by atoms with Crippen LogP contribution in [0, 0.1) is 6.92 Å². The molecule has 3 N–H and O–H groups in total. The van der Waals surface area contributed by atoms with E-state index in [0.717, 1.165) is 23.4 Å². The molecule has 3 rings (SSSR count). The zero-order valence-corrected chi connectivity index (χ0v) is 18.6. The lowest BCUT2D eigenvalue weighted by Crippen LogP contribution is -2.38. The Kier molecular flexibility index (Phi) is 8.18. The Labute approximate surface area is 194 Å². The number of carbonyl (C=O) groups is 1. The van der Waals surface area contributed by atoms with Gasteiger partial charge in [-0.15, -0.1) is 0 Å². The summed E-state index contributed by atoms with van der Waals surface area (Å²) in [5.41, 5.74) is 1.73. The second-order valence-electron chi connectivity index (χ2n) is 7.58. The minimum absolute atomic E-state index is 0.0366. The molecular weight excluding hydrogens is 453 g/mol. The second kappa shape index (κ2) is 11.1. The highest BCUT2D eigenvalue weighted by Gasteiger charge is 2.32. The minimum Gasteiger partial charge on any atom is -0.385 e. The summed E-state index contributed by atoms with van der Waals surface area (Å²) >= 11 is 0. The van der Waals surface area contributed by atoms with E-state index >= 15 is 0 Å². The summed E-state index contributed by atoms with van der Waals surface area (Å²) in [5.74, 6) is -0.682. The van der Waals surface area contributed by atoms with Crippen LogP contribution in [-0.4, -0.2) is 57.1 Å². The van der Waals surface area contributed by atoms with E-state index in [9.17, 15) is 23.1 Å². The molecule has 34 heavy (non-hydrogen) atoms. The fourth-order valence-electron chi connectivity index (χ4n) is 3.15. The van der Waals surface area contributed by atoms with Crippen LogP contribution in [0.15, 0.2) is 42.9 Å². The Morgan fingerprint density at radius 1 is 1.26 bits per heavy atom. The van der Waals surface area contributed by atoms with Crippen LogP contribution in [0.3, 0.4) is 0 Å².